The molecular weight excluding hydrogens is 496 g/mol. The molecule has 7 nitrogen and oxygen atoms in total. The first-order valence-electron chi connectivity index (χ1n) is 15.2. The molecule has 0 aromatic rings. The number of aliphatic hydroxyl groups excluding tert-OH is 1. The van der Waals surface area contributed by atoms with Crippen LogP contribution in [0.4, 0.5) is 0 Å². The fourth-order valence-corrected chi connectivity index (χ4v) is 8.39. The molecule has 2 saturated carbocycles. The van der Waals surface area contributed by atoms with Gasteiger partial charge in [-0.05, 0) is 24.5 Å². The molecule has 0 bridgehead atoms. The highest BCUT2D eigenvalue weighted by Gasteiger charge is 2.85. The van der Waals surface area contributed by atoms with Gasteiger partial charge in [-0.25, -0.2) is 0 Å². The van der Waals surface area contributed by atoms with Gasteiger partial charge < -0.3 is 25.2 Å². The molecule has 4 N–H and O–H groups in total. The number of carbonyl (C=O) groups is 2. The largest absolute Gasteiger partial charge is 0.459 e. The van der Waals surface area contributed by atoms with Crippen molar-refractivity contribution in [2.75, 3.05) is 6.61 Å². The van der Waals surface area contributed by atoms with Crippen molar-refractivity contribution in [3.8, 4) is 0 Å². The van der Waals surface area contributed by atoms with E-state index in [2.05, 4.69) is 6.92 Å². The minimum absolute atomic E-state index is 0.0823. The van der Waals surface area contributed by atoms with Crippen molar-refractivity contribution >= 4 is 11.8 Å². The number of fused-ring (bicyclic) bond motifs is 5. The average Bonchev–Trinajstić information content (AvgIpc) is 3.28. The van der Waals surface area contributed by atoms with Crippen LogP contribution >= 0.6 is 0 Å². The molecule has 8 atom stereocenters. The third-order valence-corrected chi connectivity index (χ3v) is 10.7. The van der Waals surface area contributed by atoms with E-state index < -0.39 is 63.7 Å². The van der Waals surface area contributed by atoms with E-state index in [4.69, 9.17) is 4.74 Å². The smallest absolute Gasteiger partial charge is 0.306 e. The molecule has 0 saturated heterocycles. The summed E-state index contributed by atoms with van der Waals surface area (Å²) in [5, 5.41) is 46.2. The topological polar surface area (TPSA) is 124 Å². The third kappa shape index (κ3) is 4.75. The number of unbranched alkanes of at least 4 members (excludes halogenated alkanes) is 8. The Hall–Kier alpha value is -1.54. The number of hydrogen-bond donors (Lipinski definition) is 4. The van der Waals surface area contributed by atoms with Crippen molar-refractivity contribution in [3.05, 3.63) is 23.3 Å². The molecule has 0 aromatic carbocycles. The fraction of sp³-hybridized carbons (Fsp3) is 0.812. The van der Waals surface area contributed by atoms with Crippen molar-refractivity contribution < 1.29 is 34.8 Å². The minimum Gasteiger partial charge on any atom is -0.459 e. The molecular formula is C32H50O7. The predicted molar refractivity (Wildman–Crippen MR) is 149 cm³/mol. The Balaban J connectivity index is 1.51. The van der Waals surface area contributed by atoms with Crippen LogP contribution in [0.15, 0.2) is 23.3 Å². The SMILES string of the molecule is CCCCCCCCCCCC(=O)O[C@@H]1[C@@H](C)[C@]2(O)C3C=C(C)C(=O)[C@@]3(O)CC(CO)=C[C@H]2C2C(C)(C)[C@@]21O. The number of aliphatic hydroxyl groups is 4. The number of Topliss-reactive ketones (excluding diaryl/α,β-unsaturated/α-hetero) is 1. The van der Waals surface area contributed by atoms with Crippen LogP contribution in [-0.2, 0) is 14.3 Å². The van der Waals surface area contributed by atoms with Crippen LogP contribution in [-0.4, -0.2) is 61.7 Å². The summed E-state index contributed by atoms with van der Waals surface area (Å²) in [5.41, 5.74) is -4.75. The van der Waals surface area contributed by atoms with Crippen molar-refractivity contribution in [2.45, 2.75) is 128 Å². The van der Waals surface area contributed by atoms with Gasteiger partial charge in [0.05, 0.1) is 12.2 Å². The lowest BCUT2D eigenvalue weighted by molar-refractivity contribution is -0.221. The molecule has 220 valence electrons. The molecule has 7 heteroatoms. The maximum Gasteiger partial charge on any atom is 0.306 e. The lowest BCUT2D eigenvalue weighted by atomic mass is 9.59. The maximum atomic E-state index is 13.1. The second-order valence-corrected chi connectivity index (χ2v) is 13.5. The molecule has 39 heavy (non-hydrogen) atoms. The van der Waals surface area contributed by atoms with E-state index in [1.165, 1.54) is 38.5 Å². The summed E-state index contributed by atoms with van der Waals surface area (Å²) >= 11 is 0. The van der Waals surface area contributed by atoms with Gasteiger partial charge >= 0.3 is 5.97 Å². The van der Waals surface area contributed by atoms with E-state index >= 15 is 0 Å². The molecule has 4 aliphatic rings. The lowest BCUT2D eigenvalue weighted by Gasteiger charge is -2.52. The van der Waals surface area contributed by atoms with E-state index in [-0.39, 0.29) is 19.4 Å². The highest BCUT2D eigenvalue weighted by molar-refractivity contribution is 6.04. The number of rotatable bonds is 12. The minimum atomic E-state index is -1.89. The van der Waals surface area contributed by atoms with Crippen molar-refractivity contribution in [3.63, 3.8) is 0 Å². The number of hydrogen-bond acceptors (Lipinski definition) is 7. The van der Waals surface area contributed by atoms with E-state index in [0.29, 0.717) is 17.6 Å². The standard InChI is InChI=1S/C32H50O7/c1-6-7-8-9-10-11-12-13-14-15-25(34)39-28-21(3)31(37)23(26-29(4,5)32(26,28)38)17-22(19-33)18-30(36)24(31)16-20(2)27(30)35/h16-17,21,23-24,26,28,33,36-38H,6-15,18-19H2,1-5H3/t21-,23+,24?,26?,28-,30-,31-,32-/m1/s1. The zero-order valence-electron chi connectivity index (χ0n) is 24.5. The van der Waals surface area contributed by atoms with Crippen LogP contribution in [0, 0.1) is 29.1 Å². The molecule has 0 aliphatic heterocycles. The van der Waals surface area contributed by atoms with Gasteiger partial charge in [0, 0.05) is 41.9 Å². The Kier molecular flexibility index (Phi) is 8.61. The molecule has 4 rings (SSSR count). The predicted octanol–water partition coefficient (Wildman–Crippen LogP) is 4.40. The Morgan fingerprint density at radius 1 is 1.00 bits per heavy atom. The van der Waals surface area contributed by atoms with Gasteiger partial charge in [-0.15, -0.1) is 0 Å². The molecule has 0 amide bonds. The number of esters is 1. The van der Waals surface area contributed by atoms with Gasteiger partial charge in [0.1, 0.15) is 17.3 Å². The number of ketones is 1. The second-order valence-electron chi connectivity index (χ2n) is 13.5. The Labute approximate surface area is 233 Å². The fourth-order valence-electron chi connectivity index (χ4n) is 8.39. The van der Waals surface area contributed by atoms with Gasteiger partial charge in [0.25, 0.3) is 0 Å². The van der Waals surface area contributed by atoms with Crippen LogP contribution in [0.2, 0.25) is 0 Å². The molecule has 0 aromatic heterocycles. The summed E-state index contributed by atoms with van der Waals surface area (Å²) in [6.07, 6.45) is 12.8. The van der Waals surface area contributed by atoms with Gasteiger partial charge in [-0.3, -0.25) is 9.59 Å². The number of carbonyl (C=O) groups excluding carboxylic acids is 2. The van der Waals surface area contributed by atoms with Crippen LogP contribution in [0.25, 0.3) is 0 Å². The monoisotopic (exact) mass is 546 g/mol. The average molecular weight is 547 g/mol. The normalized spacial score (nSPS) is 40.1. The Morgan fingerprint density at radius 3 is 2.18 bits per heavy atom. The summed E-state index contributed by atoms with van der Waals surface area (Å²) < 4.78 is 6.01. The first-order valence-corrected chi connectivity index (χ1v) is 15.2. The third-order valence-electron chi connectivity index (χ3n) is 10.7. The zero-order chi connectivity index (χ0) is 28.8. The molecule has 0 spiro atoms. The Bertz CT molecular complexity index is 1010. The van der Waals surface area contributed by atoms with Gasteiger partial charge in [0.2, 0.25) is 0 Å². The highest BCUT2D eigenvalue weighted by atomic mass is 16.6. The van der Waals surface area contributed by atoms with Crippen LogP contribution in [0.5, 0.6) is 0 Å². The Morgan fingerprint density at radius 2 is 1.59 bits per heavy atom. The first-order chi connectivity index (χ1) is 18.3. The van der Waals surface area contributed by atoms with Crippen molar-refractivity contribution in [2.24, 2.45) is 29.1 Å². The van der Waals surface area contributed by atoms with Crippen LogP contribution in [0.1, 0.15) is 105 Å². The quantitative estimate of drug-likeness (QED) is 0.162. The molecule has 0 heterocycles. The van der Waals surface area contributed by atoms with Gasteiger partial charge in [-0.2, -0.15) is 0 Å². The molecule has 2 unspecified atom stereocenters. The van der Waals surface area contributed by atoms with Crippen molar-refractivity contribution in [1.82, 2.24) is 0 Å². The molecule has 0 radical (unpaired) electrons. The lowest BCUT2D eigenvalue weighted by Crippen LogP contribution is -2.65. The van der Waals surface area contributed by atoms with Crippen LogP contribution in [0.3, 0.4) is 0 Å². The summed E-state index contributed by atoms with van der Waals surface area (Å²) in [7, 11) is 0. The van der Waals surface area contributed by atoms with E-state index in [1.807, 2.05) is 13.8 Å². The van der Waals surface area contributed by atoms with E-state index in [0.717, 1.165) is 12.8 Å². The molecule has 2 fully saturated rings. The summed E-state index contributed by atoms with van der Waals surface area (Å²) in [5.74, 6) is -3.66. The first kappa shape index (κ1) is 30.4. The van der Waals surface area contributed by atoms with Crippen LogP contribution < -0.4 is 0 Å². The summed E-state index contributed by atoms with van der Waals surface area (Å²) in [4.78, 5) is 26.2. The highest BCUT2D eigenvalue weighted by Crippen LogP contribution is 2.75. The van der Waals surface area contributed by atoms with E-state index in [1.54, 1.807) is 26.0 Å². The number of ether oxygens (including phenoxy) is 1. The summed E-state index contributed by atoms with van der Waals surface area (Å²) in [6.45, 7) is 9.04. The summed E-state index contributed by atoms with van der Waals surface area (Å²) in [6, 6.07) is 0. The van der Waals surface area contributed by atoms with E-state index in [9.17, 15) is 30.0 Å². The maximum absolute atomic E-state index is 13.1. The zero-order valence-corrected chi connectivity index (χ0v) is 24.5. The van der Waals surface area contributed by atoms with Crippen molar-refractivity contribution in [1.29, 1.82) is 0 Å². The van der Waals surface area contributed by atoms with Gasteiger partial charge in [0.15, 0.2) is 5.78 Å². The second kappa shape index (κ2) is 11.0. The molecule has 4 aliphatic carbocycles. The van der Waals surface area contributed by atoms with Gasteiger partial charge in [-0.1, -0.05) is 91.2 Å².